The Hall–Kier alpha value is -1.73. The van der Waals surface area contributed by atoms with Gasteiger partial charge in [-0.1, -0.05) is 37.3 Å². The molecule has 0 aromatic heterocycles. The lowest BCUT2D eigenvalue weighted by atomic mass is 9.63. The first-order valence-corrected chi connectivity index (χ1v) is 11.2. The van der Waals surface area contributed by atoms with E-state index in [1.807, 2.05) is 13.0 Å². The van der Waals surface area contributed by atoms with E-state index in [2.05, 4.69) is 25.7 Å². The molecular formula is C25H37NO5. The second-order valence-corrected chi connectivity index (χ2v) is 9.31. The Bertz CT molecular complexity index is 798. The number of ether oxygens (including phenoxy) is 1. The molecule has 0 spiro atoms. The predicted octanol–water partition coefficient (Wildman–Crippen LogP) is 3.47. The molecule has 0 aromatic carbocycles. The summed E-state index contributed by atoms with van der Waals surface area (Å²) in [6.45, 7) is 8.34. The summed E-state index contributed by atoms with van der Waals surface area (Å²) in [5.74, 6) is 0.200. The van der Waals surface area contributed by atoms with Crippen molar-refractivity contribution in [3.8, 4) is 0 Å². The largest absolute Gasteiger partial charge is 0.393 e. The van der Waals surface area contributed by atoms with Crippen molar-refractivity contribution in [2.75, 3.05) is 20.8 Å². The molecule has 2 saturated carbocycles. The van der Waals surface area contributed by atoms with Crippen molar-refractivity contribution in [1.29, 1.82) is 0 Å². The summed E-state index contributed by atoms with van der Waals surface area (Å²) >= 11 is 0. The summed E-state index contributed by atoms with van der Waals surface area (Å²) in [4.78, 5) is 16.9. The van der Waals surface area contributed by atoms with Gasteiger partial charge in [0.25, 0.3) is 5.91 Å². The van der Waals surface area contributed by atoms with Gasteiger partial charge in [-0.15, -0.1) is 0 Å². The van der Waals surface area contributed by atoms with Crippen LogP contribution in [0.2, 0.25) is 0 Å². The Kier molecular flexibility index (Phi) is 7.58. The van der Waals surface area contributed by atoms with Crippen molar-refractivity contribution in [2.45, 2.75) is 70.7 Å². The average molecular weight is 432 g/mol. The molecule has 31 heavy (non-hydrogen) atoms. The standard InChI is InChI=1S/C25H37NO5/c1-16-19(13-20(27)14-23(16)28)9-8-18-7-6-12-25(3)21(10-11-22(18)25)17(2)31-15-24(29)26(4)30-5/h8-10,17,20,22-23,27-28H,1,6-7,11-15H2,2-5H3/t17-,20+,22?,23-,25+/m0/s1. The first-order valence-electron chi connectivity index (χ1n) is 11.2. The minimum atomic E-state index is -0.664. The first kappa shape index (κ1) is 23.9. The number of aliphatic hydroxyl groups is 2. The number of carbonyl (C=O) groups is 1. The number of nitrogens with zero attached hydrogens (tertiary/aromatic N) is 1. The summed E-state index contributed by atoms with van der Waals surface area (Å²) in [6.07, 6.45) is 10.3. The van der Waals surface area contributed by atoms with Crippen LogP contribution in [0.5, 0.6) is 0 Å². The van der Waals surface area contributed by atoms with E-state index in [-0.39, 0.29) is 24.0 Å². The number of rotatable bonds is 6. The highest BCUT2D eigenvalue weighted by Crippen LogP contribution is 2.55. The highest BCUT2D eigenvalue weighted by Gasteiger charge is 2.46. The second kappa shape index (κ2) is 9.82. The van der Waals surface area contributed by atoms with Crippen LogP contribution >= 0.6 is 0 Å². The number of likely N-dealkylation sites (N-methyl/N-ethyl adjacent to an activating group) is 1. The number of fused-ring (bicyclic) bond motifs is 1. The van der Waals surface area contributed by atoms with Crippen molar-refractivity contribution in [1.82, 2.24) is 5.06 Å². The first-order chi connectivity index (χ1) is 14.7. The number of amides is 1. The van der Waals surface area contributed by atoms with Gasteiger partial charge in [0, 0.05) is 13.5 Å². The van der Waals surface area contributed by atoms with E-state index < -0.39 is 12.2 Å². The average Bonchev–Trinajstić information content (AvgIpc) is 3.10. The highest BCUT2D eigenvalue weighted by molar-refractivity contribution is 5.76. The zero-order valence-corrected chi connectivity index (χ0v) is 19.3. The van der Waals surface area contributed by atoms with E-state index >= 15 is 0 Å². The topological polar surface area (TPSA) is 79.2 Å². The molecule has 6 nitrogen and oxygen atoms in total. The lowest BCUT2D eigenvalue weighted by Gasteiger charge is -2.42. The van der Waals surface area contributed by atoms with Crippen molar-refractivity contribution in [3.63, 3.8) is 0 Å². The summed E-state index contributed by atoms with van der Waals surface area (Å²) in [5, 5.41) is 21.3. The molecule has 6 heteroatoms. The van der Waals surface area contributed by atoms with Crippen LogP contribution in [-0.4, -0.2) is 60.3 Å². The molecule has 0 bridgehead atoms. The summed E-state index contributed by atoms with van der Waals surface area (Å²) in [6, 6.07) is 0. The van der Waals surface area contributed by atoms with Gasteiger partial charge in [0.05, 0.1) is 25.4 Å². The third kappa shape index (κ3) is 5.03. The fourth-order valence-corrected chi connectivity index (χ4v) is 5.43. The molecule has 0 aromatic rings. The molecule has 172 valence electrons. The highest BCUT2D eigenvalue weighted by atomic mass is 16.7. The van der Waals surface area contributed by atoms with E-state index in [0.717, 1.165) is 36.8 Å². The van der Waals surface area contributed by atoms with Crippen LogP contribution in [0.15, 0.2) is 47.1 Å². The van der Waals surface area contributed by atoms with Crippen molar-refractivity contribution < 1.29 is 24.6 Å². The smallest absolute Gasteiger partial charge is 0.271 e. The van der Waals surface area contributed by atoms with Gasteiger partial charge >= 0.3 is 0 Å². The number of hydroxylamine groups is 2. The van der Waals surface area contributed by atoms with E-state index in [1.54, 1.807) is 7.05 Å². The second-order valence-electron chi connectivity index (χ2n) is 9.31. The Labute approximate surface area is 185 Å². The monoisotopic (exact) mass is 431 g/mol. The molecule has 1 unspecified atom stereocenters. The molecule has 3 rings (SSSR count). The van der Waals surface area contributed by atoms with Gasteiger partial charge in [-0.3, -0.25) is 9.63 Å². The Morgan fingerprint density at radius 1 is 1.42 bits per heavy atom. The van der Waals surface area contributed by atoms with Crippen LogP contribution in [0, 0.1) is 11.3 Å². The van der Waals surface area contributed by atoms with Crippen LogP contribution in [0.4, 0.5) is 0 Å². The Morgan fingerprint density at radius 3 is 2.87 bits per heavy atom. The molecule has 0 saturated heterocycles. The van der Waals surface area contributed by atoms with Crippen molar-refractivity contribution in [3.05, 3.63) is 47.1 Å². The van der Waals surface area contributed by atoms with Crippen LogP contribution in [0.1, 0.15) is 52.4 Å². The normalized spacial score (nSPS) is 34.6. The van der Waals surface area contributed by atoms with E-state index in [1.165, 1.54) is 23.3 Å². The predicted molar refractivity (Wildman–Crippen MR) is 120 cm³/mol. The van der Waals surface area contributed by atoms with Crippen molar-refractivity contribution >= 4 is 5.91 Å². The molecule has 2 N–H and O–H groups in total. The van der Waals surface area contributed by atoms with Crippen LogP contribution in [0.25, 0.3) is 0 Å². The summed E-state index contributed by atoms with van der Waals surface area (Å²) in [7, 11) is 3.04. The fourth-order valence-electron chi connectivity index (χ4n) is 5.43. The quantitative estimate of drug-likeness (QED) is 0.497. The van der Waals surface area contributed by atoms with Gasteiger partial charge in [0.2, 0.25) is 0 Å². The van der Waals surface area contributed by atoms with Gasteiger partial charge in [-0.05, 0) is 67.1 Å². The Morgan fingerprint density at radius 2 is 2.16 bits per heavy atom. The van der Waals surface area contributed by atoms with Crippen LogP contribution in [-0.2, 0) is 14.4 Å². The lowest BCUT2D eigenvalue weighted by Crippen LogP contribution is -2.36. The van der Waals surface area contributed by atoms with Gasteiger partial charge in [-0.25, -0.2) is 5.06 Å². The number of allylic oxidation sites excluding steroid dienone is 4. The molecule has 1 amide bonds. The summed E-state index contributed by atoms with van der Waals surface area (Å²) in [5.41, 5.74) is 4.35. The fraction of sp³-hybridized carbons (Fsp3) is 0.640. The zero-order valence-electron chi connectivity index (χ0n) is 19.3. The number of hydrogen-bond donors (Lipinski definition) is 2. The maximum atomic E-state index is 12.0. The molecule has 5 atom stereocenters. The van der Waals surface area contributed by atoms with E-state index in [9.17, 15) is 15.0 Å². The number of carbonyl (C=O) groups excluding carboxylic acids is 1. The van der Waals surface area contributed by atoms with Gasteiger partial charge < -0.3 is 14.9 Å². The van der Waals surface area contributed by atoms with E-state index in [4.69, 9.17) is 9.57 Å². The third-order valence-electron chi connectivity index (χ3n) is 7.40. The lowest BCUT2D eigenvalue weighted by molar-refractivity contribution is -0.174. The molecule has 3 aliphatic carbocycles. The molecule has 3 aliphatic rings. The maximum absolute atomic E-state index is 12.0. The van der Waals surface area contributed by atoms with Crippen molar-refractivity contribution in [2.24, 2.45) is 11.3 Å². The SMILES string of the molecule is C=C1C(=CC=C2CCC[C@]3(C)C([C@H](C)OCC(=O)N(C)OC)=CCC23)C[C@@H](O)C[C@@H]1O. The van der Waals surface area contributed by atoms with Crippen LogP contribution in [0.3, 0.4) is 0 Å². The minimum absolute atomic E-state index is 0.00878. The number of aliphatic hydroxyl groups excluding tert-OH is 2. The Balaban J connectivity index is 1.71. The van der Waals surface area contributed by atoms with E-state index in [0.29, 0.717) is 18.8 Å². The maximum Gasteiger partial charge on any atom is 0.271 e. The van der Waals surface area contributed by atoms with Crippen LogP contribution < -0.4 is 0 Å². The molecule has 0 aliphatic heterocycles. The molecule has 2 fully saturated rings. The van der Waals surface area contributed by atoms with Gasteiger partial charge in [0.1, 0.15) is 6.61 Å². The van der Waals surface area contributed by atoms with Gasteiger partial charge in [0.15, 0.2) is 0 Å². The molecular weight excluding hydrogens is 394 g/mol. The number of hydrogen-bond acceptors (Lipinski definition) is 5. The van der Waals surface area contributed by atoms with Gasteiger partial charge in [-0.2, -0.15) is 0 Å². The summed E-state index contributed by atoms with van der Waals surface area (Å²) < 4.78 is 5.91. The molecule has 0 heterocycles. The minimum Gasteiger partial charge on any atom is -0.393 e. The zero-order chi connectivity index (χ0) is 22.8. The third-order valence-corrected chi connectivity index (χ3v) is 7.40. The molecule has 0 radical (unpaired) electrons.